The zero-order valence-corrected chi connectivity index (χ0v) is 11.2. The van der Waals surface area contributed by atoms with Crippen LogP contribution in [-0.4, -0.2) is 15.5 Å². The van der Waals surface area contributed by atoms with E-state index < -0.39 is 9.75 Å². The number of halogens is 4. The highest BCUT2D eigenvalue weighted by Gasteiger charge is 2.70. The maximum absolute atomic E-state index is 12.2. The minimum absolute atomic E-state index is 0.0253. The van der Waals surface area contributed by atoms with Crippen LogP contribution in [0.5, 0.6) is 0 Å². The molecule has 0 amide bonds. The molecule has 0 unspecified atom stereocenters. The average molecular weight is 298 g/mol. The van der Waals surface area contributed by atoms with Gasteiger partial charge in [0.15, 0.2) is 5.78 Å². The first-order valence-electron chi connectivity index (χ1n) is 5.06. The minimum atomic E-state index is -1.11. The number of ketones is 1. The third-order valence-electron chi connectivity index (χ3n) is 3.97. The standard InChI is InChI=1S/C11H8Cl4O/c12-7-4-10(14)5-1-2-6(3-5)11(10,15)9(16)8(7)13/h1-2,5-6H,3-4H2/t5-,6-,10+,11-/m1/s1. The van der Waals surface area contributed by atoms with E-state index in [1.165, 1.54) is 0 Å². The summed E-state index contributed by atoms with van der Waals surface area (Å²) in [5, 5.41) is 0.382. The van der Waals surface area contributed by atoms with Crippen molar-refractivity contribution in [2.24, 2.45) is 11.8 Å². The highest BCUT2D eigenvalue weighted by atomic mass is 35.5. The van der Waals surface area contributed by atoms with Gasteiger partial charge in [-0.1, -0.05) is 35.4 Å². The maximum atomic E-state index is 12.2. The smallest absolute Gasteiger partial charge is 0.198 e. The molecule has 0 saturated heterocycles. The van der Waals surface area contributed by atoms with Crippen LogP contribution in [0.25, 0.3) is 0 Å². The van der Waals surface area contributed by atoms with Crippen molar-refractivity contribution in [2.75, 3.05) is 0 Å². The summed E-state index contributed by atoms with van der Waals surface area (Å²) >= 11 is 25.0. The number of alkyl halides is 2. The van der Waals surface area contributed by atoms with Gasteiger partial charge in [-0.3, -0.25) is 4.79 Å². The molecule has 3 aliphatic carbocycles. The lowest BCUT2D eigenvalue weighted by molar-refractivity contribution is -0.119. The number of fused-ring (bicyclic) bond motifs is 5. The van der Waals surface area contributed by atoms with Gasteiger partial charge in [0, 0.05) is 17.4 Å². The molecular weight excluding hydrogens is 290 g/mol. The van der Waals surface area contributed by atoms with Gasteiger partial charge in [-0.15, -0.1) is 23.2 Å². The summed E-state index contributed by atoms with van der Waals surface area (Å²) in [6.07, 6.45) is 5.19. The molecule has 0 spiro atoms. The first-order valence-corrected chi connectivity index (χ1v) is 6.57. The summed E-state index contributed by atoms with van der Waals surface area (Å²) < 4.78 is 0. The lowest BCUT2D eigenvalue weighted by atomic mass is 9.73. The van der Waals surface area contributed by atoms with Crippen molar-refractivity contribution in [3.63, 3.8) is 0 Å². The Morgan fingerprint density at radius 2 is 1.81 bits per heavy atom. The molecule has 4 atom stereocenters. The molecule has 0 aliphatic heterocycles. The SMILES string of the molecule is O=C1C(Cl)=C(Cl)C[C@]2(Cl)[C@@H]3C=C[C@H](C3)[C@@]12Cl. The highest BCUT2D eigenvalue weighted by molar-refractivity contribution is 6.57. The van der Waals surface area contributed by atoms with Crippen molar-refractivity contribution in [3.05, 3.63) is 22.2 Å². The van der Waals surface area contributed by atoms with Crippen molar-refractivity contribution in [3.8, 4) is 0 Å². The molecule has 0 heterocycles. The minimum Gasteiger partial charge on any atom is -0.291 e. The first-order chi connectivity index (χ1) is 7.41. The summed E-state index contributed by atoms with van der Waals surface area (Å²) in [5.41, 5.74) is 0. The lowest BCUT2D eigenvalue weighted by Gasteiger charge is -2.44. The van der Waals surface area contributed by atoms with Crippen molar-refractivity contribution in [1.82, 2.24) is 0 Å². The highest BCUT2D eigenvalue weighted by Crippen LogP contribution is 2.65. The van der Waals surface area contributed by atoms with E-state index in [9.17, 15) is 4.79 Å². The van der Waals surface area contributed by atoms with Crippen molar-refractivity contribution in [1.29, 1.82) is 0 Å². The number of Topliss-reactive ketones (excluding diaryl/α,β-unsaturated/α-hetero) is 1. The molecule has 1 nitrogen and oxygen atoms in total. The van der Waals surface area contributed by atoms with Crippen molar-refractivity contribution >= 4 is 52.2 Å². The maximum Gasteiger partial charge on any atom is 0.198 e. The Morgan fingerprint density at radius 1 is 1.19 bits per heavy atom. The van der Waals surface area contributed by atoms with Crippen LogP contribution in [-0.2, 0) is 4.79 Å². The summed E-state index contributed by atoms with van der Waals surface area (Å²) in [7, 11) is 0. The van der Waals surface area contributed by atoms with Crippen molar-refractivity contribution < 1.29 is 4.79 Å². The summed E-state index contributed by atoms with van der Waals surface area (Å²) in [4.78, 5) is 10.3. The number of carbonyl (C=O) groups excluding carboxylic acids is 1. The van der Waals surface area contributed by atoms with E-state index in [0.29, 0.717) is 11.5 Å². The van der Waals surface area contributed by atoms with E-state index in [1.54, 1.807) is 0 Å². The van der Waals surface area contributed by atoms with Gasteiger partial charge >= 0.3 is 0 Å². The summed E-state index contributed by atoms with van der Waals surface area (Å²) in [6, 6.07) is 0. The Bertz CT molecular complexity index is 455. The molecule has 0 aromatic carbocycles. The molecule has 0 radical (unpaired) electrons. The van der Waals surface area contributed by atoms with Crippen LogP contribution in [0, 0.1) is 11.8 Å². The van der Waals surface area contributed by atoms with E-state index in [2.05, 4.69) is 0 Å². The molecule has 2 bridgehead atoms. The molecule has 0 aromatic rings. The molecule has 3 rings (SSSR count). The molecule has 5 heteroatoms. The van der Waals surface area contributed by atoms with Crippen LogP contribution < -0.4 is 0 Å². The number of allylic oxidation sites excluding steroid dienone is 4. The number of carbonyl (C=O) groups is 1. The van der Waals surface area contributed by atoms with Gasteiger partial charge in [0.05, 0.1) is 4.87 Å². The van der Waals surface area contributed by atoms with Gasteiger partial charge in [-0.25, -0.2) is 0 Å². The van der Waals surface area contributed by atoms with Gasteiger partial charge in [0.1, 0.15) is 9.91 Å². The van der Waals surface area contributed by atoms with Crippen LogP contribution in [0.1, 0.15) is 12.8 Å². The number of hydrogen-bond donors (Lipinski definition) is 0. The van der Waals surface area contributed by atoms with Crippen LogP contribution in [0.4, 0.5) is 0 Å². The molecule has 3 aliphatic rings. The van der Waals surface area contributed by atoms with Crippen LogP contribution >= 0.6 is 46.4 Å². The van der Waals surface area contributed by atoms with Crippen LogP contribution in [0.2, 0.25) is 0 Å². The number of rotatable bonds is 0. The Balaban J connectivity index is 2.22. The van der Waals surface area contributed by atoms with Crippen LogP contribution in [0.3, 0.4) is 0 Å². The van der Waals surface area contributed by atoms with E-state index in [-0.39, 0.29) is 22.7 Å². The van der Waals surface area contributed by atoms with E-state index in [4.69, 9.17) is 46.4 Å². The van der Waals surface area contributed by atoms with Crippen LogP contribution in [0.15, 0.2) is 22.2 Å². The molecule has 1 fully saturated rings. The summed E-state index contributed by atoms with van der Waals surface area (Å²) in [5.74, 6) is -0.235. The fourth-order valence-corrected chi connectivity index (χ4v) is 4.73. The quantitative estimate of drug-likeness (QED) is 0.491. The van der Waals surface area contributed by atoms with Gasteiger partial charge in [-0.05, 0) is 12.3 Å². The van der Waals surface area contributed by atoms with Gasteiger partial charge < -0.3 is 0 Å². The molecule has 86 valence electrons. The number of hydrogen-bond acceptors (Lipinski definition) is 1. The molecular formula is C11H8Cl4O. The zero-order chi connectivity index (χ0) is 11.7. The average Bonchev–Trinajstić information content (AvgIpc) is 2.79. The second-order valence-electron chi connectivity index (χ2n) is 4.63. The Kier molecular flexibility index (Phi) is 2.28. The van der Waals surface area contributed by atoms with E-state index in [0.717, 1.165) is 6.42 Å². The monoisotopic (exact) mass is 296 g/mol. The summed E-state index contributed by atoms with van der Waals surface area (Å²) in [6.45, 7) is 0. The first kappa shape index (κ1) is 11.4. The lowest BCUT2D eigenvalue weighted by Crippen LogP contribution is -2.57. The molecule has 1 saturated carbocycles. The second-order valence-corrected chi connectivity index (χ2v) is 6.74. The Morgan fingerprint density at radius 3 is 2.50 bits per heavy atom. The largest absolute Gasteiger partial charge is 0.291 e. The zero-order valence-electron chi connectivity index (χ0n) is 8.14. The fraction of sp³-hybridized carbons (Fsp3) is 0.545. The van der Waals surface area contributed by atoms with Gasteiger partial charge in [-0.2, -0.15) is 0 Å². The Labute approximate surface area is 113 Å². The molecule has 0 N–H and O–H groups in total. The van der Waals surface area contributed by atoms with Gasteiger partial charge in [0.2, 0.25) is 0 Å². The second kappa shape index (κ2) is 3.20. The molecule has 0 aromatic heterocycles. The fourth-order valence-electron chi connectivity index (χ4n) is 3.11. The molecule has 16 heavy (non-hydrogen) atoms. The topological polar surface area (TPSA) is 17.1 Å². The normalized spacial score (nSPS) is 50.1. The third-order valence-corrected chi connectivity index (χ3v) is 6.38. The van der Waals surface area contributed by atoms with Gasteiger partial charge in [0.25, 0.3) is 0 Å². The Hall–Kier alpha value is 0.310. The third kappa shape index (κ3) is 1.04. The predicted molar refractivity (Wildman–Crippen MR) is 66.3 cm³/mol. The predicted octanol–water partition coefficient (Wildman–Crippen LogP) is 3.81. The van der Waals surface area contributed by atoms with E-state index >= 15 is 0 Å². The van der Waals surface area contributed by atoms with Crippen molar-refractivity contribution in [2.45, 2.75) is 22.6 Å². The van der Waals surface area contributed by atoms with E-state index in [1.807, 2.05) is 12.2 Å².